The zero-order valence-corrected chi connectivity index (χ0v) is 12.2. The quantitative estimate of drug-likeness (QED) is 0.880. The van der Waals surface area contributed by atoms with Gasteiger partial charge in [-0.05, 0) is 30.0 Å². The fourth-order valence-corrected chi connectivity index (χ4v) is 4.10. The van der Waals surface area contributed by atoms with Gasteiger partial charge in [-0.15, -0.1) is 0 Å². The largest absolute Gasteiger partial charge is 0.481 e. The highest BCUT2D eigenvalue weighted by Gasteiger charge is 2.32. The Morgan fingerprint density at radius 2 is 2.24 bits per heavy atom. The summed E-state index contributed by atoms with van der Waals surface area (Å²) in [5, 5.41) is 17.6. The van der Waals surface area contributed by atoms with Crippen LogP contribution in [0.15, 0.2) is 24.3 Å². The molecule has 0 saturated carbocycles. The fourth-order valence-electron chi connectivity index (χ4n) is 2.50. The topological polar surface area (TPSA) is 98.5 Å². The van der Waals surface area contributed by atoms with Crippen molar-refractivity contribution in [3.8, 4) is 6.07 Å². The molecule has 1 aliphatic heterocycles. The number of sulfonamides is 1. The van der Waals surface area contributed by atoms with Gasteiger partial charge in [-0.1, -0.05) is 12.1 Å². The van der Waals surface area contributed by atoms with Crippen molar-refractivity contribution >= 4 is 16.0 Å². The number of carbonyl (C=O) groups is 1. The lowest BCUT2D eigenvalue weighted by molar-refractivity contribution is -0.137. The third-order valence-corrected chi connectivity index (χ3v) is 5.33. The Bertz CT molecular complexity index is 678. The summed E-state index contributed by atoms with van der Waals surface area (Å²) in [6.45, 7) is 0.616. The fraction of sp³-hybridized carbons (Fsp3) is 0.429. The number of aliphatic carboxylic acids is 1. The lowest BCUT2D eigenvalue weighted by atomic mass is 10.1. The predicted octanol–water partition coefficient (Wildman–Crippen LogP) is 1.18. The molecule has 0 spiro atoms. The molecule has 1 aliphatic rings. The van der Waals surface area contributed by atoms with Crippen molar-refractivity contribution in [3.05, 3.63) is 35.4 Å². The number of hydrogen-bond acceptors (Lipinski definition) is 4. The van der Waals surface area contributed by atoms with Crippen LogP contribution in [0.4, 0.5) is 0 Å². The zero-order chi connectivity index (χ0) is 15.5. The van der Waals surface area contributed by atoms with Crippen LogP contribution in [0.25, 0.3) is 0 Å². The van der Waals surface area contributed by atoms with Crippen LogP contribution in [-0.4, -0.2) is 36.9 Å². The van der Waals surface area contributed by atoms with Gasteiger partial charge in [0.1, 0.15) is 0 Å². The molecule has 0 bridgehead atoms. The molecule has 0 amide bonds. The second-order valence-corrected chi connectivity index (χ2v) is 7.15. The Balaban J connectivity index is 2.05. The molecule has 2 rings (SSSR count). The van der Waals surface area contributed by atoms with E-state index in [-0.39, 0.29) is 24.6 Å². The number of hydrogen-bond donors (Lipinski definition) is 1. The maximum Gasteiger partial charge on any atom is 0.303 e. The van der Waals surface area contributed by atoms with Gasteiger partial charge in [0.25, 0.3) is 0 Å². The molecule has 112 valence electrons. The molecular weight excluding hydrogens is 292 g/mol. The van der Waals surface area contributed by atoms with Crippen molar-refractivity contribution in [1.82, 2.24) is 4.31 Å². The smallest absolute Gasteiger partial charge is 0.303 e. The zero-order valence-electron chi connectivity index (χ0n) is 11.4. The Morgan fingerprint density at radius 1 is 1.48 bits per heavy atom. The van der Waals surface area contributed by atoms with E-state index >= 15 is 0 Å². The first-order valence-corrected chi connectivity index (χ1v) is 8.20. The number of carboxylic acid groups (broad SMARTS) is 1. The monoisotopic (exact) mass is 308 g/mol. The van der Waals surface area contributed by atoms with E-state index in [2.05, 4.69) is 0 Å². The lowest BCUT2D eigenvalue weighted by Crippen LogP contribution is -2.30. The molecule has 1 heterocycles. The average Bonchev–Trinajstić information content (AvgIpc) is 2.87. The van der Waals surface area contributed by atoms with Gasteiger partial charge in [0.15, 0.2) is 0 Å². The van der Waals surface area contributed by atoms with E-state index in [1.54, 1.807) is 24.3 Å². The second-order valence-electron chi connectivity index (χ2n) is 5.18. The van der Waals surface area contributed by atoms with Crippen molar-refractivity contribution < 1.29 is 18.3 Å². The lowest BCUT2D eigenvalue weighted by Gasteiger charge is -2.16. The number of benzene rings is 1. The molecule has 1 N–H and O–H groups in total. The first-order chi connectivity index (χ1) is 9.90. The van der Waals surface area contributed by atoms with Crippen LogP contribution in [0.2, 0.25) is 0 Å². The minimum atomic E-state index is -3.48. The first-order valence-electron chi connectivity index (χ1n) is 6.59. The molecule has 1 saturated heterocycles. The van der Waals surface area contributed by atoms with Gasteiger partial charge in [0.2, 0.25) is 10.0 Å². The Hall–Kier alpha value is -1.91. The summed E-state index contributed by atoms with van der Waals surface area (Å²) in [6.07, 6.45) is 0.569. The summed E-state index contributed by atoms with van der Waals surface area (Å²) in [5.74, 6) is -1.19. The van der Waals surface area contributed by atoms with E-state index in [0.717, 1.165) is 0 Å². The number of carboxylic acids is 1. The summed E-state index contributed by atoms with van der Waals surface area (Å²) in [6, 6.07) is 8.48. The Labute approximate surface area is 123 Å². The van der Waals surface area contributed by atoms with Gasteiger partial charge < -0.3 is 5.11 Å². The normalized spacial score (nSPS) is 19.3. The maximum absolute atomic E-state index is 12.3. The van der Waals surface area contributed by atoms with Gasteiger partial charge in [-0.2, -0.15) is 5.26 Å². The summed E-state index contributed by atoms with van der Waals surface area (Å²) >= 11 is 0. The molecule has 7 heteroatoms. The van der Waals surface area contributed by atoms with Gasteiger partial charge >= 0.3 is 5.97 Å². The average molecular weight is 308 g/mol. The van der Waals surface area contributed by atoms with Gasteiger partial charge in [0, 0.05) is 19.5 Å². The molecule has 1 fully saturated rings. The molecule has 21 heavy (non-hydrogen) atoms. The van der Waals surface area contributed by atoms with Crippen LogP contribution in [0.3, 0.4) is 0 Å². The highest BCUT2D eigenvalue weighted by atomic mass is 32.2. The summed E-state index contributed by atoms with van der Waals surface area (Å²) in [7, 11) is -3.48. The van der Waals surface area contributed by atoms with Crippen molar-refractivity contribution in [2.75, 3.05) is 13.1 Å². The third-order valence-electron chi connectivity index (χ3n) is 3.51. The van der Waals surface area contributed by atoms with E-state index in [4.69, 9.17) is 10.4 Å². The van der Waals surface area contributed by atoms with Crippen LogP contribution in [-0.2, 0) is 20.6 Å². The predicted molar refractivity (Wildman–Crippen MR) is 75.7 cm³/mol. The highest BCUT2D eigenvalue weighted by Crippen LogP contribution is 2.24. The molecule has 0 aromatic heterocycles. The molecule has 0 aliphatic carbocycles. The van der Waals surface area contributed by atoms with Gasteiger partial charge in [0.05, 0.1) is 17.4 Å². The number of nitriles is 1. The molecule has 1 aromatic carbocycles. The highest BCUT2D eigenvalue weighted by molar-refractivity contribution is 7.88. The number of rotatable bonds is 5. The summed E-state index contributed by atoms with van der Waals surface area (Å²) < 4.78 is 26.0. The van der Waals surface area contributed by atoms with Crippen LogP contribution in [0.1, 0.15) is 24.0 Å². The van der Waals surface area contributed by atoms with Crippen LogP contribution < -0.4 is 0 Å². The minimum Gasteiger partial charge on any atom is -0.481 e. The second kappa shape index (κ2) is 6.24. The standard InChI is InChI=1S/C14H16N2O4S/c15-8-11-2-1-3-13(6-11)10-21(19,20)16-5-4-12(9-16)7-14(17)18/h1-3,6,12H,4-5,7,9-10H2,(H,17,18). The SMILES string of the molecule is N#Cc1cccc(CS(=O)(=O)N2CCC(CC(=O)O)C2)c1. The van der Waals surface area contributed by atoms with Crippen LogP contribution in [0, 0.1) is 17.2 Å². The van der Waals surface area contributed by atoms with Crippen molar-refractivity contribution in [1.29, 1.82) is 5.26 Å². The molecule has 0 radical (unpaired) electrons. The molecule has 1 unspecified atom stereocenters. The van der Waals surface area contributed by atoms with E-state index in [0.29, 0.717) is 24.1 Å². The third kappa shape index (κ3) is 4.03. The summed E-state index contributed by atoms with van der Waals surface area (Å²) in [4.78, 5) is 10.7. The molecular formula is C14H16N2O4S. The first kappa shape index (κ1) is 15.5. The molecule has 1 aromatic rings. The summed E-state index contributed by atoms with van der Waals surface area (Å²) in [5.41, 5.74) is 0.989. The van der Waals surface area contributed by atoms with E-state index in [1.807, 2.05) is 6.07 Å². The molecule has 1 atom stereocenters. The van der Waals surface area contributed by atoms with Crippen LogP contribution in [0.5, 0.6) is 0 Å². The van der Waals surface area contributed by atoms with E-state index in [1.165, 1.54) is 4.31 Å². The van der Waals surface area contributed by atoms with Crippen molar-refractivity contribution in [2.45, 2.75) is 18.6 Å². The maximum atomic E-state index is 12.3. The Kier molecular flexibility index (Phi) is 4.60. The number of nitrogens with zero attached hydrogens (tertiary/aromatic N) is 2. The van der Waals surface area contributed by atoms with Gasteiger partial charge in [-0.25, -0.2) is 12.7 Å². The molecule has 6 nitrogen and oxygen atoms in total. The van der Waals surface area contributed by atoms with Gasteiger partial charge in [-0.3, -0.25) is 4.79 Å². The van der Waals surface area contributed by atoms with Crippen molar-refractivity contribution in [2.24, 2.45) is 5.92 Å². The van der Waals surface area contributed by atoms with E-state index in [9.17, 15) is 13.2 Å². The minimum absolute atomic E-state index is 0.00403. The van der Waals surface area contributed by atoms with Crippen molar-refractivity contribution in [3.63, 3.8) is 0 Å². The Morgan fingerprint density at radius 3 is 2.90 bits per heavy atom. The van der Waals surface area contributed by atoms with E-state index < -0.39 is 16.0 Å². The van der Waals surface area contributed by atoms with Crippen LogP contribution >= 0.6 is 0 Å².